The first kappa shape index (κ1) is 16.4. The molecule has 0 heterocycles. The van der Waals surface area contributed by atoms with Gasteiger partial charge in [0.25, 0.3) is 0 Å². The van der Waals surface area contributed by atoms with E-state index in [-0.39, 0.29) is 11.1 Å². The Bertz CT molecular complexity index is 250. The van der Waals surface area contributed by atoms with Gasteiger partial charge in [-0.3, -0.25) is 5.32 Å². The third kappa shape index (κ3) is 7.38. The smallest absolute Gasteiger partial charge is 0.0525 e. The van der Waals surface area contributed by atoms with E-state index in [0.29, 0.717) is 0 Å². The molecular formula is C16H31N. The Hall–Kier alpha value is -0.560. The Morgan fingerprint density at radius 2 is 1.71 bits per heavy atom. The van der Waals surface area contributed by atoms with Gasteiger partial charge in [0.2, 0.25) is 0 Å². The van der Waals surface area contributed by atoms with Crippen molar-refractivity contribution in [2.24, 2.45) is 0 Å². The van der Waals surface area contributed by atoms with Gasteiger partial charge in [-0.15, -0.1) is 0 Å². The molecule has 0 aliphatic heterocycles. The zero-order valence-corrected chi connectivity index (χ0v) is 12.6. The van der Waals surface area contributed by atoms with Crippen LogP contribution in [0.3, 0.4) is 0 Å². The second-order valence-electron chi connectivity index (χ2n) is 5.71. The van der Waals surface area contributed by atoms with Crippen molar-refractivity contribution < 1.29 is 0 Å². The molecule has 0 bridgehead atoms. The van der Waals surface area contributed by atoms with Gasteiger partial charge in [0.15, 0.2) is 0 Å². The van der Waals surface area contributed by atoms with Crippen molar-refractivity contribution >= 4 is 0 Å². The molecule has 0 fully saturated rings. The molecule has 0 aromatic rings. The molecule has 0 radical (unpaired) electrons. The highest BCUT2D eigenvalue weighted by Crippen LogP contribution is 2.20. The van der Waals surface area contributed by atoms with Crippen LogP contribution in [0.1, 0.15) is 67.2 Å². The summed E-state index contributed by atoms with van der Waals surface area (Å²) in [6, 6.07) is 0. The van der Waals surface area contributed by atoms with Gasteiger partial charge >= 0.3 is 0 Å². The van der Waals surface area contributed by atoms with Gasteiger partial charge in [-0.05, 0) is 40.5 Å². The summed E-state index contributed by atoms with van der Waals surface area (Å²) in [6.45, 7) is 13.3. The molecule has 1 nitrogen and oxygen atoms in total. The molecule has 0 aromatic carbocycles. The maximum atomic E-state index is 3.77. The number of allylic oxidation sites excluding steroid dienone is 2. The van der Waals surface area contributed by atoms with Gasteiger partial charge in [-0.2, -0.15) is 0 Å². The average Bonchev–Trinajstić information content (AvgIpc) is 2.23. The van der Waals surface area contributed by atoms with E-state index in [4.69, 9.17) is 0 Å². The standard InChI is InChI=1S/C16H31N/c1-7-10-13-15(4,5)17-16(6,12-9-3)14-11-8-2/h9,11-12,14,17H,7-8,10,13H2,1-6H3. The van der Waals surface area contributed by atoms with Gasteiger partial charge in [0.05, 0.1) is 5.54 Å². The summed E-state index contributed by atoms with van der Waals surface area (Å²) in [7, 11) is 0. The van der Waals surface area contributed by atoms with E-state index in [1.165, 1.54) is 19.3 Å². The summed E-state index contributed by atoms with van der Waals surface area (Å²) >= 11 is 0. The second kappa shape index (κ2) is 7.71. The first-order valence-corrected chi connectivity index (χ1v) is 7.00. The Morgan fingerprint density at radius 1 is 1.06 bits per heavy atom. The van der Waals surface area contributed by atoms with Gasteiger partial charge < -0.3 is 0 Å². The zero-order chi connectivity index (χ0) is 13.4. The van der Waals surface area contributed by atoms with Crippen molar-refractivity contribution in [2.45, 2.75) is 78.3 Å². The molecule has 0 rings (SSSR count). The first-order valence-electron chi connectivity index (χ1n) is 7.00. The lowest BCUT2D eigenvalue weighted by Crippen LogP contribution is -2.51. The molecule has 0 aliphatic carbocycles. The van der Waals surface area contributed by atoms with Gasteiger partial charge in [-0.25, -0.2) is 0 Å². The average molecular weight is 237 g/mol. The molecule has 0 saturated heterocycles. The Labute approximate surface area is 108 Å². The molecule has 100 valence electrons. The van der Waals surface area contributed by atoms with Gasteiger partial charge in [-0.1, -0.05) is 51.0 Å². The van der Waals surface area contributed by atoms with Crippen LogP contribution in [0.15, 0.2) is 24.3 Å². The third-order valence-corrected chi connectivity index (χ3v) is 2.98. The number of nitrogens with one attached hydrogen (secondary N) is 1. The quantitative estimate of drug-likeness (QED) is 0.595. The maximum Gasteiger partial charge on any atom is 0.0525 e. The molecule has 0 aliphatic rings. The summed E-state index contributed by atoms with van der Waals surface area (Å²) in [6.07, 6.45) is 13.7. The van der Waals surface area contributed by atoms with E-state index in [0.717, 1.165) is 6.42 Å². The zero-order valence-electron chi connectivity index (χ0n) is 12.6. The number of hydrogen-bond acceptors (Lipinski definition) is 1. The number of rotatable bonds is 8. The topological polar surface area (TPSA) is 12.0 Å². The highest BCUT2D eigenvalue weighted by molar-refractivity contribution is 5.17. The predicted octanol–water partition coefficient (Wildman–Crippen LogP) is 4.85. The van der Waals surface area contributed by atoms with E-state index in [1.807, 2.05) is 0 Å². The van der Waals surface area contributed by atoms with E-state index in [9.17, 15) is 0 Å². The largest absolute Gasteiger partial charge is 0.300 e. The highest BCUT2D eigenvalue weighted by Gasteiger charge is 2.26. The fourth-order valence-electron chi connectivity index (χ4n) is 2.26. The first-order chi connectivity index (χ1) is 7.89. The normalized spacial score (nSPS) is 16.8. The highest BCUT2D eigenvalue weighted by atomic mass is 15.0. The van der Waals surface area contributed by atoms with Crippen molar-refractivity contribution in [3.05, 3.63) is 24.3 Å². The van der Waals surface area contributed by atoms with Crippen LogP contribution in [0.5, 0.6) is 0 Å². The van der Waals surface area contributed by atoms with E-state index >= 15 is 0 Å². The third-order valence-electron chi connectivity index (χ3n) is 2.98. The lowest BCUT2D eigenvalue weighted by atomic mass is 9.90. The molecular weight excluding hydrogens is 206 g/mol. The minimum atomic E-state index is -0.0258. The maximum absolute atomic E-state index is 3.77. The fourth-order valence-corrected chi connectivity index (χ4v) is 2.26. The predicted molar refractivity (Wildman–Crippen MR) is 79.4 cm³/mol. The summed E-state index contributed by atoms with van der Waals surface area (Å²) in [5, 5.41) is 3.77. The summed E-state index contributed by atoms with van der Waals surface area (Å²) in [4.78, 5) is 0. The van der Waals surface area contributed by atoms with E-state index < -0.39 is 0 Å². The Balaban J connectivity index is 4.67. The molecule has 0 aromatic heterocycles. The van der Waals surface area contributed by atoms with Crippen LogP contribution in [0, 0.1) is 0 Å². The van der Waals surface area contributed by atoms with Gasteiger partial charge in [0, 0.05) is 5.54 Å². The van der Waals surface area contributed by atoms with Crippen LogP contribution in [0.4, 0.5) is 0 Å². The number of unbranched alkanes of at least 4 members (excludes halogenated alkanes) is 1. The van der Waals surface area contributed by atoms with Crippen molar-refractivity contribution in [2.75, 3.05) is 0 Å². The fraction of sp³-hybridized carbons (Fsp3) is 0.750. The van der Waals surface area contributed by atoms with Crippen LogP contribution in [-0.4, -0.2) is 11.1 Å². The second-order valence-corrected chi connectivity index (χ2v) is 5.71. The SMILES string of the molecule is CC=CC(C)(C=CCC)NC(C)(C)CCCC. The van der Waals surface area contributed by atoms with Crippen LogP contribution >= 0.6 is 0 Å². The van der Waals surface area contributed by atoms with E-state index in [2.05, 4.69) is 71.2 Å². The monoisotopic (exact) mass is 237 g/mol. The van der Waals surface area contributed by atoms with Crippen LogP contribution in [0.25, 0.3) is 0 Å². The summed E-state index contributed by atoms with van der Waals surface area (Å²) in [5.74, 6) is 0. The van der Waals surface area contributed by atoms with Crippen LogP contribution < -0.4 is 5.32 Å². The van der Waals surface area contributed by atoms with Crippen LogP contribution in [-0.2, 0) is 0 Å². The Kier molecular flexibility index (Phi) is 7.45. The molecule has 1 heteroatoms. The summed E-state index contributed by atoms with van der Waals surface area (Å²) < 4.78 is 0. The molecule has 1 N–H and O–H groups in total. The summed E-state index contributed by atoms with van der Waals surface area (Å²) in [5.41, 5.74) is 0.157. The molecule has 0 spiro atoms. The molecule has 17 heavy (non-hydrogen) atoms. The van der Waals surface area contributed by atoms with Crippen molar-refractivity contribution in [1.29, 1.82) is 0 Å². The minimum absolute atomic E-state index is 0.0258. The minimum Gasteiger partial charge on any atom is -0.300 e. The van der Waals surface area contributed by atoms with Gasteiger partial charge in [0.1, 0.15) is 0 Å². The van der Waals surface area contributed by atoms with Crippen molar-refractivity contribution in [3.8, 4) is 0 Å². The molecule has 0 saturated carbocycles. The molecule has 1 unspecified atom stereocenters. The molecule has 1 atom stereocenters. The molecule has 0 amide bonds. The van der Waals surface area contributed by atoms with Crippen LogP contribution in [0.2, 0.25) is 0 Å². The number of hydrogen-bond donors (Lipinski definition) is 1. The van der Waals surface area contributed by atoms with Crippen molar-refractivity contribution in [3.63, 3.8) is 0 Å². The Morgan fingerprint density at radius 3 is 2.18 bits per heavy atom. The lowest BCUT2D eigenvalue weighted by molar-refractivity contribution is 0.301. The lowest BCUT2D eigenvalue weighted by Gasteiger charge is -2.36. The van der Waals surface area contributed by atoms with Crippen molar-refractivity contribution in [1.82, 2.24) is 5.32 Å². The van der Waals surface area contributed by atoms with E-state index in [1.54, 1.807) is 0 Å².